The Balaban J connectivity index is 1.46. The van der Waals surface area contributed by atoms with Gasteiger partial charge in [-0.15, -0.1) is 10.2 Å². The van der Waals surface area contributed by atoms with Crippen LogP contribution >= 0.6 is 0 Å². The molecule has 3 aromatic rings. The van der Waals surface area contributed by atoms with E-state index in [1.54, 1.807) is 30.3 Å². The number of phenolic OH excluding ortho intramolecular Hbond substituents is 1. The quantitative estimate of drug-likeness (QED) is 0.248. The monoisotopic (exact) mass is 448 g/mol. The molecule has 0 amide bonds. The summed E-state index contributed by atoms with van der Waals surface area (Å²) in [6.07, 6.45) is 4.49. The molecule has 1 aliphatic rings. The molecular formula is C22H24N8O3. The summed E-state index contributed by atoms with van der Waals surface area (Å²) in [5, 5.41) is 29.7. The van der Waals surface area contributed by atoms with Gasteiger partial charge in [0.15, 0.2) is 5.69 Å². The van der Waals surface area contributed by atoms with Gasteiger partial charge in [0.25, 0.3) is 0 Å². The normalized spacial score (nSPS) is 14.0. The number of para-hydroxylation sites is 1. The van der Waals surface area contributed by atoms with Gasteiger partial charge in [-0.2, -0.15) is 0 Å². The molecule has 1 fully saturated rings. The molecule has 1 saturated heterocycles. The average Bonchev–Trinajstić information content (AvgIpc) is 2.84. The second-order valence-electron chi connectivity index (χ2n) is 7.59. The van der Waals surface area contributed by atoms with Crippen LogP contribution in [0.15, 0.2) is 42.7 Å². The molecule has 4 rings (SSSR count). The smallest absolute Gasteiger partial charge is 0.341 e. The topological polar surface area (TPSA) is 163 Å². The van der Waals surface area contributed by atoms with Gasteiger partial charge in [-0.05, 0) is 31.0 Å². The predicted octanol–water partition coefficient (Wildman–Crippen LogP) is 1.79. The summed E-state index contributed by atoms with van der Waals surface area (Å²) < 4.78 is 4.67. The first-order valence-corrected chi connectivity index (χ1v) is 10.4. The molecule has 0 radical (unpaired) electrons. The van der Waals surface area contributed by atoms with Crippen molar-refractivity contribution in [3.8, 4) is 17.0 Å². The maximum absolute atomic E-state index is 11.6. The van der Waals surface area contributed by atoms with E-state index in [2.05, 4.69) is 30.2 Å². The SMILES string of the molecule is COC(=O)c1cnc(N2CCC(Nc3cc(-c4ccccc4O)nnc3C(=N)N)CC2)nc1. The lowest BCUT2D eigenvalue weighted by atomic mass is 10.0. The van der Waals surface area contributed by atoms with Crippen LogP contribution in [-0.4, -0.2) is 63.3 Å². The van der Waals surface area contributed by atoms with Crippen molar-refractivity contribution in [3.05, 3.63) is 54.0 Å². The van der Waals surface area contributed by atoms with Crippen molar-refractivity contribution in [1.29, 1.82) is 5.41 Å². The standard InChI is InChI=1S/C22H24N8O3/c1-33-21(32)13-11-25-22(26-12-13)30-8-6-14(7-9-30)27-17-10-16(28-29-19(17)20(23)24)15-4-2-3-5-18(15)31/h2-5,10-12,14,31H,6-9H2,1H3,(H3,23,24)(H,27,28). The van der Waals surface area contributed by atoms with Gasteiger partial charge in [0, 0.05) is 37.1 Å². The molecule has 0 aliphatic carbocycles. The number of amidine groups is 1. The fourth-order valence-electron chi connectivity index (χ4n) is 3.67. The van der Waals surface area contributed by atoms with E-state index < -0.39 is 5.97 Å². The Morgan fingerprint density at radius 1 is 1.21 bits per heavy atom. The third-order valence-corrected chi connectivity index (χ3v) is 5.43. The van der Waals surface area contributed by atoms with Crippen molar-refractivity contribution in [1.82, 2.24) is 20.2 Å². The van der Waals surface area contributed by atoms with Gasteiger partial charge in [-0.3, -0.25) is 5.41 Å². The highest BCUT2D eigenvalue weighted by atomic mass is 16.5. The Morgan fingerprint density at radius 2 is 1.91 bits per heavy atom. The van der Waals surface area contributed by atoms with Crippen LogP contribution in [0.4, 0.5) is 11.6 Å². The molecule has 0 saturated carbocycles. The number of nitrogens with two attached hydrogens (primary N) is 1. The van der Waals surface area contributed by atoms with Crippen molar-refractivity contribution in [2.45, 2.75) is 18.9 Å². The van der Waals surface area contributed by atoms with Crippen LogP contribution in [0, 0.1) is 5.41 Å². The number of nitrogens with one attached hydrogen (secondary N) is 2. The van der Waals surface area contributed by atoms with Crippen LogP contribution in [0.5, 0.6) is 5.75 Å². The van der Waals surface area contributed by atoms with Crippen LogP contribution in [0.2, 0.25) is 0 Å². The van der Waals surface area contributed by atoms with Crippen LogP contribution in [0.25, 0.3) is 11.3 Å². The van der Waals surface area contributed by atoms with Crippen LogP contribution in [-0.2, 0) is 4.74 Å². The van der Waals surface area contributed by atoms with E-state index in [0.717, 1.165) is 12.8 Å². The van der Waals surface area contributed by atoms with Gasteiger partial charge >= 0.3 is 5.97 Å². The number of aromatic hydroxyl groups is 1. The maximum Gasteiger partial charge on any atom is 0.341 e. The first-order valence-electron chi connectivity index (χ1n) is 10.4. The fraction of sp³-hybridized carbons (Fsp3) is 0.273. The molecule has 1 aromatic carbocycles. The van der Waals surface area contributed by atoms with E-state index >= 15 is 0 Å². The van der Waals surface area contributed by atoms with E-state index in [1.807, 2.05) is 4.90 Å². The molecule has 2 aromatic heterocycles. The number of nitrogens with zero attached hydrogens (tertiary/aromatic N) is 5. The Morgan fingerprint density at radius 3 is 2.55 bits per heavy atom. The molecule has 0 spiro atoms. The minimum atomic E-state index is -0.472. The zero-order chi connectivity index (χ0) is 23.4. The van der Waals surface area contributed by atoms with E-state index in [1.165, 1.54) is 19.5 Å². The summed E-state index contributed by atoms with van der Waals surface area (Å²) >= 11 is 0. The number of phenols is 1. The van der Waals surface area contributed by atoms with E-state index in [0.29, 0.717) is 41.5 Å². The molecule has 0 unspecified atom stereocenters. The predicted molar refractivity (Wildman–Crippen MR) is 122 cm³/mol. The Hall–Kier alpha value is -4.28. The zero-order valence-corrected chi connectivity index (χ0v) is 18.0. The Kier molecular flexibility index (Phi) is 6.29. The molecule has 3 heterocycles. The van der Waals surface area contributed by atoms with Gasteiger partial charge in [0.2, 0.25) is 5.95 Å². The molecule has 0 atom stereocenters. The summed E-state index contributed by atoms with van der Waals surface area (Å²) in [4.78, 5) is 22.2. The minimum absolute atomic E-state index is 0.0971. The number of piperidine rings is 1. The first kappa shape index (κ1) is 21.9. The number of methoxy groups -OCH3 is 1. The number of ether oxygens (including phenoxy) is 1. The highest BCUT2D eigenvalue weighted by molar-refractivity contribution is 5.98. The molecule has 5 N–H and O–H groups in total. The number of esters is 1. The first-order chi connectivity index (χ1) is 16.0. The van der Waals surface area contributed by atoms with Crippen molar-refractivity contribution in [2.75, 3.05) is 30.4 Å². The van der Waals surface area contributed by atoms with Gasteiger partial charge in [-0.25, -0.2) is 14.8 Å². The number of rotatable bonds is 6. The van der Waals surface area contributed by atoms with Crippen LogP contribution < -0.4 is 16.0 Å². The van der Waals surface area contributed by atoms with Crippen LogP contribution in [0.3, 0.4) is 0 Å². The van der Waals surface area contributed by atoms with Crippen molar-refractivity contribution >= 4 is 23.4 Å². The number of hydrogen-bond donors (Lipinski definition) is 4. The summed E-state index contributed by atoms with van der Waals surface area (Å²) in [6, 6.07) is 8.72. The fourth-order valence-corrected chi connectivity index (χ4v) is 3.67. The maximum atomic E-state index is 11.6. The lowest BCUT2D eigenvalue weighted by molar-refractivity contribution is 0.0599. The second kappa shape index (κ2) is 9.47. The highest BCUT2D eigenvalue weighted by Gasteiger charge is 2.23. The molecule has 170 valence electrons. The third-order valence-electron chi connectivity index (χ3n) is 5.43. The number of benzene rings is 1. The number of anilines is 2. The summed E-state index contributed by atoms with van der Waals surface area (Å²) in [7, 11) is 1.31. The molecule has 1 aliphatic heterocycles. The van der Waals surface area contributed by atoms with Gasteiger partial charge in [0.1, 0.15) is 11.6 Å². The van der Waals surface area contributed by atoms with Crippen molar-refractivity contribution in [2.24, 2.45) is 5.73 Å². The van der Waals surface area contributed by atoms with E-state index in [4.69, 9.17) is 11.1 Å². The third kappa shape index (κ3) is 4.81. The van der Waals surface area contributed by atoms with Crippen LogP contribution in [0.1, 0.15) is 28.9 Å². The van der Waals surface area contributed by atoms with Crippen molar-refractivity contribution < 1.29 is 14.6 Å². The Bertz CT molecular complexity index is 1160. The van der Waals surface area contributed by atoms with Gasteiger partial charge < -0.3 is 25.8 Å². The number of carbonyl (C=O) groups excluding carboxylic acids is 1. The lowest BCUT2D eigenvalue weighted by Gasteiger charge is -2.33. The molecule has 33 heavy (non-hydrogen) atoms. The Labute approximate surface area is 190 Å². The van der Waals surface area contributed by atoms with Gasteiger partial charge in [0.05, 0.1) is 24.1 Å². The molecular weight excluding hydrogens is 424 g/mol. The average molecular weight is 448 g/mol. The van der Waals surface area contributed by atoms with E-state index in [9.17, 15) is 9.90 Å². The summed E-state index contributed by atoms with van der Waals surface area (Å²) in [5.41, 5.74) is 7.90. The van der Waals surface area contributed by atoms with Gasteiger partial charge in [-0.1, -0.05) is 12.1 Å². The largest absolute Gasteiger partial charge is 0.507 e. The molecule has 11 nitrogen and oxygen atoms in total. The van der Waals surface area contributed by atoms with Crippen molar-refractivity contribution in [3.63, 3.8) is 0 Å². The molecule has 0 bridgehead atoms. The zero-order valence-electron chi connectivity index (χ0n) is 18.0. The molecule has 11 heteroatoms. The summed E-state index contributed by atoms with van der Waals surface area (Å²) in [6.45, 7) is 1.41. The lowest BCUT2D eigenvalue weighted by Crippen LogP contribution is -2.40. The number of carbonyl (C=O) groups is 1. The second-order valence-corrected chi connectivity index (χ2v) is 7.59. The highest BCUT2D eigenvalue weighted by Crippen LogP contribution is 2.30. The number of nitrogen functional groups attached to an aromatic ring is 1. The number of aromatic nitrogens is 4. The minimum Gasteiger partial charge on any atom is -0.507 e. The summed E-state index contributed by atoms with van der Waals surface area (Å²) in [5.74, 6) is -0.0111. The van der Waals surface area contributed by atoms with E-state index in [-0.39, 0.29) is 23.3 Å². The number of hydrogen-bond acceptors (Lipinski definition) is 10.